The molecule has 1 heterocycles. The monoisotopic (exact) mass is 198 g/mol. The predicted octanol–water partition coefficient (Wildman–Crippen LogP) is 2.10. The van der Waals surface area contributed by atoms with Crippen LogP contribution in [0, 0.1) is 5.92 Å². The molecule has 0 aliphatic carbocycles. The van der Waals surface area contributed by atoms with E-state index < -0.39 is 0 Å². The van der Waals surface area contributed by atoms with Crippen molar-refractivity contribution in [3.8, 4) is 0 Å². The Bertz CT molecular complexity index is 156. The van der Waals surface area contributed by atoms with Gasteiger partial charge in [0.05, 0.1) is 0 Å². The summed E-state index contributed by atoms with van der Waals surface area (Å²) >= 11 is 0. The number of hydrogen-bond acceptors (Lipinski definition) is 2. The van der Waals surface area contributed by atoms with Gasteiger partial charge in [-0.25, -0.2) is 0 Å². The molecule has 0 spiro atoms. The van der Waals surface area contributed by atoms with E-state index in [-0.39, 0.29) is 0 Å². The molecule has 0 saturated carbocycles. The molecular weight excluding hydrogens is 172 g/mol. The van der Waals surface area contributed by atoms with E-state index in [1.54, 1.807) is 0 Å². The molecular formula is C12H26N2. The highest BCUT2D eigenvalue weighted by molar-refractivity contribution is 4.82. The van der Waals surface area contributed by atoms with E-state index >= 15 is 0 Å². The molecule has 2 nitrogen and oxygen atoms in total. The van der Waals surface area contributed by atoms with E-state index in [9.17, 15) is 0 Å². The van der Waals surface area contributed by atoms with Gasteiger partial charge in [0, 0.05) is 18.6 Å². The summed E-state index contributed by atoms with van der Waals surface area (Å²) in [6, 6.07) is 1.44. The Hall–Kier alpha value is -0.0800. The Morgan fingerprint density at radius 2 is 2.14 bits per heavy atom. The molecule has 0 bridgehead atoms. The maximum Gasteiger partial charge on any atom is 0.0218 e. The van der Waals surface area contributed by atoms with Crippen molar-refractivity contribution in [3.05, 3.63) is 0 Å². The first kappa shape index (κ1) is 12.0. The van der Waals surface area contributed by atoms with E-state index in [0.717, 1.165) is 12.0 Å². The van der Waals surface area contributed by atoms with Gasteiger partial charge in [-0.15, -0.1) is 0 Å². The molecule has 2 atom stereocenters. The van der Waals surface area contributed by atoms with Crippen molar-refractivity contribution >= 4 is 0 Å². The second kappa shape index (κ2) is 5.72. The maximum absolute atomic E-state index is 3.66. The highest BCUT2D eigenvalue weighted by Gasteiger charge is 2.23. The van der Waals surface area contributed by atoms with Crippen molar-refractivity contribution in [1.82, 2.24) is 10.2 Å². The Kier molecular flexibility index (Phi) is 4.90. The molecule has 1 N–H and O–H groups in total. The zero-order chi connectivity index (χ0) is 10.6. The smallest absolute Gasteiger partial charge is 0.0218 e. The summed E-state index contributed by atoms with van der Waals surface area (Å²) in [5, 5.41) is 3.66. The second-order valence-electron chi connectivity index (χ2n) is 4.94. The minimum absolute atomic E-state index is 0.687. The molecule has 0 aromatic carbocycles. The average molecular weight is 198 g/mol. The zero-order valence-corrected chi connectivity index (χ0v) is 10.2. The fraction of sp³-hybridized carbons (Fsp3) is 1.00. The standard InChI is InChI=1S/C12H26N2/c1-5-8-14-9-12(10(2)3)13-7-6-11(14)4/h10-13H,5-9H2,1-4H3. The highest BCUT2D eigenvalue weighted by atomic mass is 15.2. The lowest BCUT2D eigenvalue weighted by Gasteiger charge is -2.30. The van der Waals surface area contributed by atoms with Crippen molar-refractivity contribution in [2.24, 2.45) is 5.92 Å². The normalized spacial score (nSPS) is 30.6. The summed E-state index contributed by atoms with van der Waals surface area (Å²) < 4.78 is 0. The third kappa shape index (κ3) is 3.25. The third-order valence-electron chi connectivity index (χ3n) is 3.34. The van der Waals surface area contributed by atoms with E-state index in [1.165, 1.54) is 32.5 Å². The lowest BCUT2D eigenvalue weighted by Crippen LogP contribution is -2.43. The van der Waals surface area contributed by atoms with Crippen molar-refractivity contribution < 1.29 is 0 Å². The van der Waals surface area contributed by atoms with Crippen LogP contribution in [-0.2, 0) is 0 Å². The van der Waals surface area contributed by atoms with Crippen LogP contribution in [0.15, 0.2) is 0 Å². The molecule has 84 valence electrons. The van der Waals surface area contributed by atoms with E-state index in [2.05, 4.69) is 37.9 Å². The first-order chi connectivity index (χ1) is 6.65. The van der Waals surface area contributed by atoms with E-state index in [1.807, 2.05) is 0 Å². The summed E-state index contributed by atoms with van der Waals surface area (Å²) in [5.41, 5.74) is 0. The Labute approximate surface area is 89.1 Å². The maximum atomic E-state index is 3.66. The van der Waals surface area contributed by atoms with Crippen LogP contribution in [0.25, 0.3) is 0 Å². The predicted molar refractivity (Wildman–Crippen MR) is 62.6 cm³/mol. The first-order valence-corrected chi connectivity index (χ1v) is 6.12. The van der Waals surface area contributed by atoms with Crippen LogP contribution in [0.5, 0.6) is 0 Å². The van der Waals surface area contributed by atoms with Gasteiger partial charge in [-0.3, -0.25) is 4.90 Å². The highest BCUT2D eigenvalue weighted by Crippen LogP contribution is 2.13. The molecule has 1 saturated heterocycles. The molecule has 0 aromatic rings. The Morgan fingerprint density at radius 1 is 1.43 bits per heavy atom. The lowest BCUT2D eigenvalue weighted by molar-refractivity contribution is 0.192. The molecule has 14 heavy (non-hydrogen) atoms. The molecule has 2 heteroatoms. The molecule has 2 unspecified atom stereocenters. The van der Waals surface area contributed by atoms with Gasteiger partial charge in [0.1, 0.15) is 0 Å². The number of nitrogens with one attached hydrogen (secondary N) is 1. The number of hydrogen-bond donors (Lipinski definition) is 1. The van der Waals surface area contributed by atoms with Crippen LogP contribution < -0.4 is 5.32 Å². The zero-order valence-electron chi connectivity index (χ0n) is 10.2. The lowest BCUT2D eigenvalue weighted by atomic mass is 10.0. The van der Waals surface area contributed by atoms with Gasteiger partial charge in [0.2, 0.25) is 0 Å². The quantitative estimate of drug-likeness (QED) is 0.747. The average Bonchev–Trinajstić information content (AvgIpc) is 2.30. The van der Waals surface area contributed by atoms with Crippen LogP contribution in [0.1, 0.15) is 40.5 Å². The van der Waals surface area contributed by atoms with Crippen LogP contribution in [-0.4, -0.2) is 36.6 Å². The van der Waals surface area contributed by atoms with Crippen molar-refractivity contribution in [2.75, 3.05) is 19.6 Å². The van der Waals surface area contributed by atoms with Crippen LogP contribution >= 0.6 is 0 Å². The number of nitrogens with zero attached hydrogens (tertiary/aromatic N) is 1. The number of rotatable bonds is 3. The second-order valence-corrected chi connectivity index (χ2v) is 4.94. The van der Waals surface area contributed by atoms with E-state index in [0.29, 0.717) is 6.04 Å². The SMILES string of the molecule is CCCN1CC(C(C)C)NCCC1C. The van der Waals surface area contributed by atoms with Gasteiger partial charge in [0.15, 0.2) is 0 Å². The summed E-state index contributed by atoms with van der Waals surface area (Å²) in [4.78, 5) is 2.64. The summed E-state index contributed by atoms with van der Waals surface area (Å²) in [7, 11) is 0. The van der Waals surface area contributed by atoms with Crippen LogP contribution in [0.2, 0.25) is 0 Å². The molecule has 0 aromatic heterocycles. The first-order valence-electron chi connectivity index (χ1n) is 6.12. The van der Waals surface area contributed by atoms with Gasteiger partial charge >= 0.3 is 0 Å². The van der Waals surface area contributed by atoms with Crippen LogP contribution in [0.3, 0.4) is 0 Å². The minimum Gasteiger partial charge on any atom is -0.312 e. The minimum atomic E-state index is 0.687. The topological polar surface area (TPSA) is 15.3 Å². The fourth-order valence-corrected chi connectivity index (χ4v) is 2.20. The Morgan fingerprint density at radius 3 is 2.71 bits per heavy atom. The summed E-state index contributed by atoms with van der Waals surface area (Å²) in [5.74, 6) is 0.750. The van der Waals surface area contributed by atoms with Gasteiger partial charge in [-0.2, -0.15) is 0 Å². The van der Waals surface area contributed by atoms with Crippen molar-refractivity contribution in [2.45, 2.75) is 52.6 Å². The largest absolute Gasteiger partial charge is 0.312 e. The van der Waals surface area contributed by atoms with Crippen LogP contribution in [0.4, 0.5) is 0 Å². The van der Waals surface area contributed by atoms with Gasteiger partial charge in [0.25, 0.3) is 0 Å². The van der Waals surface area contributed by atoms with Gasteiger partial charge < -0.3 is 5.32 Å². The Balaban J connectivity index is 2.52. The molecule has 1 rings (SSSR count). The van der Waals surface area contributed by atoms with Crippen molar-refractivity contribution in [3.63, 3.8) is 0 Å². The molecule has 1 aliphatic rings. The summed E-state index contributed by atoms with van der Waals surface area (Å²) in [6.45, 7) is 12.9. The molecule has 1 aliphatic heterocycles. The molecule has 1 fully saturated rings. The van der Waals surface area contributed by atoms with Gasteiger partial charge in [-0.1, -0.05) is 20.8 Å². The molecule has 0 amide bonds. The molecule has 0 radical (unpaired) electrons. The van der Waals surface area contributed by atoms with E-state index in [4.69, 9.17) is 0 Å². The fourth-order valence-electron chi connectivity index (χ4n) is 2.20. The van der Waals surface area contributed by atoms with Gasteiger partial charge in [-0.05, 0) is 38.8 Å². The third-order valence-corrected chi connectivity index (χ3v) is 3.34. The van der Waals surface area contributed by atoms with Crippen molar-refractivity contribution in [1.29, 1.82) is 0 Å². The summed E-state index contributed by atoms with van der Waals surface area (Å²) in [6.07, 6.45) is 2.57.